The van der Waals surface area contributed by atoms with E-state index < -0.39 is 0 Å². The Kier molecular flexibility index (Phi) is 8.56. The molecule has 0 saturated carbocycles. The van der Waals surface area contributed by atoms with Gasteiger partial charge in [-0.15, -0.1) is 11.3 Å². The maximum absolute atomic E-state index is 5.29. The SMILES string of the molecule is c1ccc(-c2ccc(-c3nc(-c4ccccc4)nc(-c4ccc(-c5nc(-c6ccc7ccccc7c6)c6sc7ncc(-c8ccccc8)cc7c6n5)cc4)n3)cc2)cc1. The Morgan fingerprint density at radius 2 is 0.763 bits per heavy atom. The van der Waals surface area contributed by atoms with Crippen molar-refractivity contribution in [3.63, 3.8) is 0 Å². The molecule has 0 aliphatic carbocycles. The summed E-state index contributed by atoms with van der Waals surface area (Å²) < 4.78 is 1.01. The second-order valence-electron chi connectivity index (χ2n) is 14.4. The molecule has 11 aromatic rings. The van der Waals surface area contributed by atoms with Crippen LogP contribution in [0.5, 0.6) is 0 Å². The molecule has 7 aromatic carbocycles. The van der Waals surface area contributed by atoms with Crippen LogP contribution in [0.25, 0.3) is 110 Å². The summed E-state index contributed by atoms with van der Waals surface area (Å²) in [6.45, 7) is 0. The molecular formula is C52H32N6S. The number of nitrogens with zero attached hydrogens (tertiary/aromatic N) is 6. The van der Waals surface area contributed by atoms with Gasteiger partial charge in [-0.3, -0.25) is 0 Å². The average molecular weight is 773 g/mol. The van der Waals surface area contributed by atoms with Gasteiger partial charge in [0.05, 0.1) is 15.9 Å². The second kappa shape index (κ2) is 14.6. The molecule has 7 heteroatoms. The van der Waals surface area contributed by atoms with E-state index in [1.54, 1.807) is 11.3 Å². The number of hydrogen-bond donors (Lipinski definition) is 0. The van der Waals surface area contributed by atoms with Crippen molar-refractivity contribution in [3.8, 4) is 79.1 Å². The normalized spacial score (nSPS) is 11.4. The Morgan fingerprint density at radius 1 is 0.322 bits per heavy atom. The lowest BCUT2D eigenvalue weighted by Gasteiger charge is -2.10. The molecule has 0 fully saturated rings. The van der Waals surface area contributed by atoms with Gasteiger partial charge in [0.2, 0.25) is 0 Å². The predicted octanol–water partition coefficient (Wildman–Crippen LogP) is 13.2. The van der Waals surface area contributed by atoms with E-state index in [4.69, 9.17) is 29.9 Å². The van der Waals surface area contributed by atoms with E-state index in [0.717, 1.165) is 81.6 Å². The molecule has 0 aliphatic heterocycles. The van der Waals surface area contributed by atoms with Crippen molar-refractivity contribution in [1.82, 2.24) is 29.9 Å². The van der Waals surface area contributed by atoms with Crippen LogP contribution in [0.1, 0.15) is 0 Å². The Bertz CT molecular complexity index is 3300. The molecule has 0 atom stereocenters. The quantitative estimate of drug-likeness (QED) is 0.161. The molecule has 0 spiro atoms. The number of aromatic nitrogens is 6. The van der Waals surface area contributed by atoms with Crippen LogP contribution in [0.2, 0.25) is 0 Å². The van der Waals surface area contributed by atoms with Crippen molar-refractivity contribution < 1.29 is 0 Å². The van der Waals surface area contributed by atoms with Gasteiger partial charge in [-0.1, -0.05) is 176 Å². The van der Waals surface area contributed by atoms with Crippen LogP contribution in [-0.2, 0) is 0 Å². The highest BCUT2D eigenvalue weighted by molar-refractivity contribution is 7.25. The molecule has 0 N–H and O–H groups in total. The lowest BCUT2D eigenvalue weighted by molar-refractivity contribution is 1.07. The van der Waals surface area contributed by atoms with Crippen molar-refractivity contribution in [1.29, 1.82) is 0 Å². The van der Waals surface area contributed by atoms with Gasteiger partial charge in [0.1, 0.15) is 4.83 Å². The third-order valence-electron chi connectivity index (χ3n) is 10.6. The Hall–Kier alpha value is -7.74. The standard InChI is InChI=1S/C52H32N6S/c1-4-12-33(13-5-1)36-20-23-39(24-21-36)50-56-49(37-17-8-3-9-18-37)57-51(58-50)40-27-25-38(26-28-40)48-54-45(42-29-22-35-16-10-11-19-41(35)30-42)47-46(55-48)44-31-43(32-53-52(44)59-47)34-14-6-2-7-15-34/h1-32H. The summed E-state index contributed by atoms with van der Waals surface area (Å²) in [6, 6.07) is 64.5. The number of thiophene rings is 1. The van der Waals surface area contributed by atoms with E-state index in [1.807, 2.05) is 60.8 Å². The number of pyridine rings is 1. The Morgan fingerprint density at radius 3 is 1.36 bits per heavy atom. The zero-order chi connectivity index (χ0) is 39.1. The Labute approximate surface area is 344 Å². The van der Waals surface area contributed by atoms with Crippen LogP contribution >= 0.6 is 11.3 Å². The van der Waals surface area contributed by atoms with Gasteiger partial charge < -0.3 is 0 Å². The minimum Gasteiger partial charge on any atom is -0.245 e. The van der Waals surface area contributed by atoms with Gasteiger partial charge in [-0.2, -0.15) is 0 Å². The molecule has 11 rings (SSSR count). The van der Waals surface area contributed by atoms with Crippen molar-refractivity contribution in [2.75, 3.05) is 0 Å². The molecular weight excluding hydrogens is 741 g/mol. The first-order valence-corrected chi connectivity index (χ1v) is 20.2. The van der Waals surface area contributed by atoms with Crippen LogP contribution in [0, 0.1) is 0 Å². The van der Waals surface area contributed by atoms with Gasteiger partial charge >= 0.3 is 0 Å². The third-order valence-corrected chi connectivity index (χ3v) is 11.7. The summed E-state index contributed by atoms with van der Waals surface area (Å²) in [5.41, 5.74) is 10.9. The predicted molar refractivity (Wildman–Crippen MR) is 242 cm³/mol. The largest absolute Gasteiger partial charge is 0.245 e. The highest BCUT2D eigenvalue weighted by Crippen LogP contribution is 2.41. The van der Waals surface area contributed by atoms with E-state index in [9.17, 15) is 0 Å². The van der Waals surface area contributed by atoms with Crippen LogP contribution in [0.15, 0.2) is 194 Å². The molecule has 0 bridgehead atoms. The zero-order valence-corrected chi connectivity index (χ0v) is 32.4. The summed E-state index contributed by atoms with van der Waals surface area (Å²) in [7, 11) is 0. The fraction of sp³-hybridized carbons (Fsp3) is 0. The van der Waals surface area contributed by atoms with E-state index in [2.05, 4.69) is 133 Å². The summed E-state index contributed by atoms with van der Waals surface area (Å²) in [5.74, 6) is 2.45. The number of rotatable bonds is 7. The molecule has 4 heterocycles. The van der Waals surface area contributed by atoms with Crippen molar-refractivity contribution in [2.24, 2.45) is 0 Å². The van der Waals surface area contributed by atoms with E-state index in [-0.39, 0.29) is 0 Å². The van der Waals surface area contributed by atoms with Crippen LogP contribution in [0.3, 0.4) is 0 Å². The van der Waals surface area contributed by atoms with Gasteiger partial charge in [-0.25, -0.2) is 29.9 Å². The zero-order valence-electron chi connectivity index (χ0n) is 31.6. The first-order chi connectivity index (χ1) is 29.2. The fourth-order valence-electron chi connectivity index (χ4n) is 7.54. The smallest absolute Gasteiger partial charge is 0.164 e. The molecule has 276 valence electrons. The lowest BCUT2D eigenvalue weighted by Crippen LogP contribution is -2.00. The Balaban J connectivity index is 1.03. The van der Waals surface area contributed by atoms with Crippen molar-refractivity contribution >= 4 is 42.5 Å². The summed E-state index contributed by atoms with van der Waals surface area (Å²) in [4.78, 5) is 31.4. The van der Waals surface area contributed by atoms with E-state index in [1.165, 1.54) is 5.39 Å². The molecule has 6 nitrogen and oxygen atoms in total. The number of benzene rings is 7. The lowest BCUT2D eigenvalue weighted by atomic mass is 10.0. The highest BCUT2D eigenvalue weighted by atomic mass is 32.1. The van der Waals surface area contributed by atoms with Crippen molar-refractivity contribution in [2.45, 2.75) is 0 Å². The molecule has 59 heavy (non-hydrogen) atoms. The van der Waals surface area contributed by atoms with Gasteiger partial charge in [0.25, 0.3) is 0 Å². The summed E-state index contributed by atoms with van der Waals surface area (Å²) in [5, 5.41) is 3.35. The molecule has 4 aromatic heterocycles. The number of fused-ring (bicyclic) bond motifs is 4. The monoisotopic (exact) mass is 772 g/mol. The maximum atomic E-state index is 5.29. The molecule has 0 unspecified atom stereocenters. The topological polar surface area (TPSA) is 77.3 Å². The highest BCUT2D eigenvalue weighted by Gasteiger charge is 2.19. The molecule has 0 radical (unpaired) electrons. The first-order valence-electron chi connectivity index (χ1n) is 19.4. The van der Waals surface area contributed by atoms with Crippen LogP contribution < -0.4 is 0 Å². The molecule has 0 aliphatic rings. The van der Waals surface area contributed by atoms with Gasteiger partial charge in [0.15, 0.2) is 23.3 Å². The molecule has 0 saturated heterocycles. The number of hydrogen-bond acceptors (Lipinski definition) is 7. The average Bonchev–Trinajstić information content (AvgIpc) is 3.70. The molecule has 0 amide bonds. The minimum absolute atomic E-state index is 0.587. The fourth-order valence-corrected chi connectivity index (χ4v) is 8.62. The second-order valence-corrected chi connectivity index (χ2v) is 15.4. The van der Waals surface area contributed by atoms with E-state index in [0.29, 0.717) is 23.3 Å². The van der Waals surface area contributed by atoms with Crippen LogP contribution in [0.4, 0.5) is 0 Å². The minimum atomic E-state index is 0.587. The van der Waals surface area contributed by atoms with E-state index >= 15 is 0 Å². The van der Waals surface area contributed by atoms with Crippen molar-refractivity contribution in [3.05, 3.63) is 194 Å². The van der Waals surface area contributed by atoms with Crippen LogP contribution in [-0.4, -0.2) is 29.9 Å². The third kappa shape index (κ3) is 6.59. The maximum Gasteiger partial charge on any atom is 0.164 e. The first kappa shape index (κ1) is 34.5. The summed E-state index contributed by atoms with van der Waals surface area (Å²) >= 11 is 1.64. The summed E-state index contributed by atoms with van der Waals surface area (Å²) in [6.07, 6.45) is 1.95. The van der Waals surface area contributed by atoms with Gasteiger partial charge in [-0.05, 0) is 39.6 Å². The van der Waals surface area contributed by atoms with Gasteiger partial charge in [0, 0.05) is 45.0 Å².